The predicted octanol–water partition coefficient (Wildman–Crippen LogP) is 4.85. The number of hydrogen-bond acceptors (Lipinski definition) is 4. The third kappa shape index (κ3) is 4.18. The zero-order chi connectivity index (χ0) is 27.5. The molecule has 1 spiro atoms. The van der Waals surface area contributed by atoms with Gasteiger partial charge in [-0.15, -0.1) is 0 Å². The number of aromatic nitrogens is 1. The van der Waals surface area contributed by atoms with Crippen LogP contribution in [-0.2, 0) is 32.6 Å². The number of hydrogen-bond donors (Lipinski definition) is 2. The maximum Gasteiger partial charge on any atom is 0.244 e. The van der Waals surface area contributed by atoms with Gasteiger partial charge in [-0.05, 0) is 79.1 Å². The van der Waals surface area contributed by atoms with E-state index in [1.165, 1.54) is 6.07 Å². The molecule has 0 radical (unpaired) electrons. The lowest BCUT2D eigenvalue weighted by atomic mass is 9.78. The van der Waals surface area contributed by atoms with Gasteiger partial charge in [-0.25, -0.2) is 9.37 Å². The SMILES string of the molecule is Cc1ccc([C@@H]2CCC(C)(C)C(=O)N2CC(=O)Nc2ccc3c(c2)C[C@@]2(C3)C(=O)Nc3ncccc32)cc1F. The van der Waals surface area contributed by atoms with Crippen molar-refractivity contribution in [3.05, 3.63) is 88.4 Å². The van der Waals surface area contributed by atoms with E-state index in [1.807, 2.05) is 50.2 Å². The molecular weight excluding hydrogens is 495 g/mol. The first-order valence-corrected chi connectivity index (χ1v) is 13.3. The number of nitrogens with zero attached hydrogens (tertiary/aromatic N) is 2. The molecule has 8 heteroatoms. The number of halogens is 1. The number of piperidine rings is 1. The van der Waals surface area contributed by atoms with Crippen LogP contribution in [0.1, 0.15) is 60.5 Å². The second-order valence-corrected chi connectivity index (χ2v) is 11.7. The minimum absolute atomic E-state index is 0.0530. The molecule has 3 amide bonds. The molecule has 7 nitrogen and oxygen atoms in total. The fourth-order valence-corrected chi connectivity index (χ4v) is 6.34. The number of carbonyl (C=O) groups is 3. The fourth-order valence-electron chi connectivity index (χ4n) is 6.34. The van der Waals surface area contributed by atoms with Crippen LogP contribution in [0.4, 0.5) is 15.9 Å². The molecule has 2 atom stereocenters. The van der Waals surface area contributed by atoms with Crippen molar-refractivity contribution in [2.75, 3.05) is 17.2 Å². The quantitative estimate of drug-likeness (QED) is 0.509. The van der Waals surface area contributed by atoms with Crippen molar-refractivity contribution in [1.82, 2.24) is 9.88 Å². The molecule has 1 aromatic heterocycles. The second kappa shape index (κ2) is 9.00. The summed E-state index contributed by atoms with van der Waals surface area (Å²) in [5.74, 6) is -0.201. The standard InChI is InChI=1S/C31H31FN4O3/c1-18-6-7-19(14-24(18)32)25-10-11-30(2,3)29(39)36(25)17-26(37)34-22-9-8-20-15-31(16-21(20)13-22)23-5-4-12-33-27(23)35-28(31)38/h4-9,12-14,25H,10-11,15-17H2,1-3H3,(H,34,37)(H,33,35,38)/t25-,31+/m0/s1. The first-order chi connectivity index (χ1) is 18.6. The number of benzene rings is 2. The summed E-state index contributed by atoms with van der Waals surface area (Å²) >= 11 is 0. The number of nitrogens with one attached hydrogen (secondary N) is 2. The maximum atomic E-state index is 14.4. The van der Waals surface area contributed by atoms with Crippen molar-refractivity contribution in [2.24, 2.45) is 5.41 Å². The molecule has 0 saturated carbocycles. The number of rotatable bonds is 4. The van der Waals surface area contributed by atoms with Crippen LogP contribution in [0, 0.1) is 18.2 Å². The summed E-state index contributed by atoms with van der Waals surface area (Å²) in [5.41, 5.74) is 3.54. The van der Waals surface area contributed by atoms with Crippen LogP contribution in [-0.4, -0.2) is 34.2 Å². The summed E-state index contributed by atoms with van der Waals surface area (Å²) in [6.07, 6.45) is 4.07. The Balaban J connectivity index is 1.21. The van der Waals surface area contributed by atoms with Crippen molar-refractivity contribution in [3.8, 4) is 0 Å². The van der Waals surface area contributed by atoms with Crippen LogP contribution >= 0.6 is 0 Å². The lowest BCUT2D eigenvalue weighted by Crippen LogP contribution is -2.50. The molecular formula is C31H31FN4O3. The van der Waals surface area contributed by atoms with E-state index in [0.717, 1.165) is 16.7 Å². The molecule has 3 aliphatic rings. The van der Waals surface area contributed by atoms with Crippen LogP contribution < -0.4 is 10.6 Å². The molecule has 2 aliphatic heterocycles. The first kappa shape index (κ1) is 25.2. The van der Waals surface area contributed by atoms with Crippen molar-refractivity contribution < 1.29 is 18.8 Å². The van der Waals surface area contributed by atoms with E-state index in [1.54, 1.807) is 24.1 Å². The van der Waals surface area contributed by atoms with E-state index in [2.05, 4.69) is 15.6 Å². The minimum Gasteiger partial charge on any atom is -0.326 e. The summed E-state index contributed by atoms with van der Waals surface area (Å²) in [6.45, 7) is 5.34. The van der Waals surface area contributed by atoms with E-state index >= 15 is 0 Å². The van der Waals surface area contributed by atoms with Crippen LogP contribution in [0.25, 0.3) is 0 Å². The van der Waals surface area contributed by atoms with Gasteiger partial charge < -0.3 is 15.5 Å². The smallest absolute Gasteiger partial charge is 0.244 e. The highest BCUT2D eigenvalue weighted by molar-refractivity contribution is 6.06. The number of anilines is 2. The molecule has 3 aromatic rings. The molecule has 1 aliphatic carbocycles. The highest BCUT2D eigenvalue weighted by atomic mass is 19.1. The molecule has 39 heavy (non-hydrogen) atoms. The highest BCUT2D eigenvalue weighted by Gasteiger charge is 2.51. The highest BCUT2D eigenvalue weighted by Crippen LogP contribution is 2.47. The molecule has 2 N–H and O–H groups in total. The lowest BCUT2D eigenvalue weighted by Gasteiger charge is -2.43. The Bertz CT molecular complexity index is 1530. The Morgan fingerprint density at radius 1 is 1.13 bits per heavy atom. The normalized spacial score (nSPS) is 23.0. The van der Waals surface area contributed by atoms with Gasteiger partial charge in [0, 0.05) is 22.9 Å². The maximum absolute atomic E-state index is 14.4. The summed E-state index contributed by atoms with van der Waals surface area (Å²) in [7, 11) is 0. The Morgan fingerprint density at radius 3 is 2.72 bits per heavy atom. The number of aryl methyl sites for hydroxylation is 1. The average molecular weight is 527 g/mol. The topological polar surface area (TPSA) is 91.4 Å². The van der Waals surface area contributed by atoms with Gasteiger partial charge in [0.05, 0.1) is 11.5 Å². The van der Waals surface area contributed by atoms with E-state index < -0.39 is 10.8 Å². The largest absolute Gasteiger partial charge is 0.326 e. The predicted molar refractivity (Wildman–Crippen MR) is 146 cm³/mol. The summed E-state index contributed by atoms with van der Waals surface area (Å²) in [5, 5.41) is 5.86. The van der Waals surface area contributed by atoms with Gasteiger partial charge in [-0.1, -0.05) is 38.1 Å². The minimum atomic E-state index is -0.684. The van der Waals surface area contributed by atoms with Gasteiger partial charge in [0.25, 0.3) is 0 Å². The van der Waals surface area contributed by atoms with Crippen molar-refractivity contribution in [3.63, 3.8) is 0 Å². The molecule has 0 unspecified atom stereocenters. The molecule has 1 fully saturated rings. The summed E-state index contributed by atoms with van der Waals surface area (Å²) in [6, 6.07) is 14.1. The third-order valence-electron chi connectivity index (χ3n) is 8.62. The Kier molecular flexibility index (Phi) is 5.82. The molecule has 2 aromatic carbocycles. The van der Waals surface area contributed by atoms with Crippen molar-refractivity contribution in [1.29, 1.82) is 0 Å². The molecule has 1 saturated heterocycles. The van der Waals surface area contributed by atoms with Gasteiger partial charge in [0.1, 0.15) is 18.2 Å². The van der Waals surface area contributed by atoms with Crippen LogP contribution in [0.15, 0.2) is 54.7 Å². The molecule has 6 rings (SSSR count). The monoisotopic (exact) mass is 526 g/mol. The van der Waals surface area contributed by atoms with Crippen LogP contribution in [0.5, 0.6) is 0 Å². The number of pyridine rings is 1. The van der Waals surface area contributed by atoms with Crippen LogP contribution in [0.3, 0.4) is 0 Å². The van der Waals surface area contributed by atoms with Crippen LogP contribution in [0.2, 0.25) is 0 Å². The zero-order valence-corrected chi connectivity index (χ0v) is 22.3. The first-order valence-electron chi connectivity index (χ1n) is 13.3. The molecule has 3 heterocycles. The van der Waals surface area contributed by atoms with Gasteiger partial charge in [0.2, 0.25) is 17.7 Å². The van der Waals surface area contributed by atoms with Gasteiger partial charge in [0.15, 0.2) is 0 Å². The van der Waals surface area contributed by atoms with Gasteiger partial charge >= 0.3 is 0 Å². The third-order valence-corrected chi connectivity index (χ3v) is 8.62. The summed E-state index contributed by atoms with van der Waals surface area (Å²) in [4.78, 5) is 45.6. The second-order valence-electron chi connectivity index (χ2n) is 11.7. The number of likely N-dealkylation sites (tertiary alicyclic amines) is 1. The Morgan fingerprint density at radius 2 is 1.92 bits per heavy atom. The molecule has 200 valence electrons. The van der Waals surface area contributed by atoms with E-state index in [-0.39, 0.29) is 36.1 Å². The average Bonchev–Trinajstić information content (AvgIpc) is 3.41. The van der Waals surface area contributed by atoms with E-state index in [4.69, 9.17) is 0 Å². The lowest BCUT2D eigenvalue weighted by molar-refractivity contribution is -0.150. The molecule has 0 bridgehead atoms. The van der Waals surface area contributed by atoms with Crippen molar-refractivity contribution in [2.45, 2.75) is 57.9 Å². The number of carbonyl (C=O) groups excluding carboxylic acids is 3. The Labute approximate surface area is 226 Å². The zero-order valence-electron chi connectivity index (χ0n) is 22.3. The fraction of sp³-hybridized carbons (Fsp3) is 0.355. The number of amides is 3. The number of fused-ring (bicyclic) bond motifs is 3. The van der Waals surface area contributed by atoms with E-state index in [9.17, 15) is 18.8 Å². The van der Waals surface area contributed by atoms with Gasteiger partial charge in [-0.2, -0.15) is 0 Å². The summed E-state index contributed by atoms with van der Waals surface area (Å²) < 4.78 is 14.4. The Hall–Kier alpha value is -4.07. The van der Waals surface area contributed by atoms with Gasteiger partial charge in [-0.3, -0.25) is 14.4 Å². The van der Waals surface area contributed by atoms with Crippen molar-refractivity contribution >= 4 is 29.2 Å². The van der Waals surface area contributed by atoms with E-state index in [0.29, 0.717) is 48.3 Å².